The van der Waals surface area contributed by atoms with E-state index < -0.39 is 6.09 Å². The minimum atomic E-state index is -0.438. The Morgan fingerprint density at radius 1 is 0.966 bits per heavy atom. The third kappa shape index (κ3) is 3.00. The van der Waals surface area contributed by atoms with Gasteiger partial charge in [-0.3, -0.25) is 5.32 Å². The lowest BCUT2D eigenvalue weighted by Gasteiger charge is -2.62. The highest BCUT2D eigenvalue weighted by Crippen LogP contribution is 2.66. The molecule has 4 saturated carbocycles. The summed E-state index contributed by atoms with van der Waals surface area (Å²) in [6.07, 6.45) is 7.20. The van der Waals surface area contributed by atoms with Crippen molar-refractivity contribution in [1.82, 2.24) is 0 Å². The number of anilines is 1. The monoisotopic (exact) mass is 386 g/mol. The van der Waals surface area contributed by atoms with Crippen molar-refractivity contribution >= 4 is 11.8 Å². The maximum Gasteiger partial charge on any atom is 0.411 e. The fourth-order valence-corrected chi connectivity index (χ4v) is 6.91. The highest BCUT2D eigenvalue weighted by atomic mass is 16.5. The van der Waals surface area contributed by atoms with Crippen molar-refractivity contribution in [2.24, 2.45) is 11.8 Å². The molecule has 4 fully saturated rings. The summed E-state index contributed by atoms with van der Waals surface area (Å²) >= 11 is 0. The van der Waals surface area contributed by atoms with Crippen molar-refractivity contribution in [3.63, 3.8) is 0 Å². The van der Waals surface area contributed by atoms with E-state index in [1.807, 2.05) is 24.3 Å². The lowest BCUT2D eigenvalue weighted by atomic mass is 9.42. The van der Waals surface area contributed by atoms with Gasteiger partial charge in [0, 0.05) is 5.69 Å². The molecular weight excluding hydrogens is 360 g/mol. The van der Waals surface area contributed by atoms with Crippen molar-refractivity contribution in [3.05, 3.63) is 65.2 Å². The SMILES string of the molecule is COC(=O)Nc1ccc(C23C[C@@H]4C[C@@H](CC(c5ccc(C#N)cc5)(C4)C2)C3)cc1. The second kappa shape index (κ2) is 6.62. The predicted molar refractivity (Wildman–Crippen MR) is 112 cm³/mol. The number of hydrogen-bond donors (Lipinski definition) is 1. The fourth-order valence-electron chi connectivity index (χ4n) is 6.91. The Labute approximate surface area is 171 Å². The maximum absolute atomic E-state index is 11.5. The van der Waals surface area contributed by atoms with Gasteiger partial charge in [-0.1, -0.05) is 24.3 Å². The zero-order chi connectivity index (χ0) is 20.1. The van der Waals surface area contributed by atoms with Crippen LogP contribution < -0.4 is 5.32 Å². The zero-order valence-corrected chi connectivity index (χ0v) is 16.8. The number of hydrogen-bond acceptors (Lipinski definition) is 3. The highest BCUT2D eigenvalue weighted by Gasteiger charge is 2.58. The molecular formula is C25H26N2O2. The van der Waals surface area contributed by atoms with Crippen LogP contribution in [0.3, 0.4) is 0 Å². The molecule has 4 heteroatoms. The normalized spacial score (nSPS) is 31.9. The number of amides is 1. The van der Waals surface area contributed by atoms with E-state index >= 15 is 0 Å². The van der Waals surface area contributed by atoms with E-state index in [0.717, 1.165) is 23.1 Å². The quantitative estimate of drug-likeness (QED) is 0.755. The Morgan fingerprint density at radius 2 is 1.48 bits per heavy atom. The van der Waals surface area contributed by atoms with Gasteiger partial charge < -0.3 is 4.74 Å². The molecule has 2 unspecified atom stereocenters. The molecule has 4 aliphatic rings. The summed E-state index contributed by atoms with van der Waals surface area (Å²) in [5.41, 5.74) is 4.79. The first kappa shape index (κ1) is 18.2. The molecule has 1 N–H and O–H groups in total. The zero-order valence-electron chi connectivity index (χ0n) is 16.8. The number of methoxy groups -OCH3 is 1. The number of benzene rings is 2. The summed E-state index contributed by atoms with van der Waals surface area (Å²) in [5, 5.41) is 11.9. The molecule has 0 saturated heterocycles. The van der Waals surface area contributed by atoms with E-state index in [2.05, 4.69) is 35.7 Å². The van der Waals surface area contributed by atoms with Gasteiger partial charge in [0.1, 0.15) is 0 Å². The van der Waals surface area contributed by atoms with Crippen LogP contribution in [0.5, 0.6) is 0 Å². The number of rotatable bonds is 3. The second-order valence-electron chi connectivity index (χ2n) is 9.40. The van der Waals surface area contributed by atoms with Crippen LogP contribution in [-0.4, -0.2) is 13.2 Å². The molecule has 148 valence electrons. The minimum absolute atomic E-state index is 0.224. The maximum atomic E-state index is 11.5. The molecule has 0 spiro atoms. The van der Waals surface area contributed by atoms with Gasteiger partial charge >= 0.3 is 6.09 Å². The molecule has 4 bridgehead atoms. The highest BCUT2D eigenvalue weighted by molar-refractivity contribution is 5.84. The molecule has 2 aromatic carbocycles. The van der Waals surface area contributed by atoms with Crippen LogP contribution in [0.25, 0.3) is 0 Å². The van der Waals surface area contributed by atoms with Gasteiger partial charge in [0.05, 0.1) is 18.7 Å². The van der Waals surface area contributed by atoms with Crippen LogP contribution in [0.2, 0.25) is 0 Å². The molecule has 0 aromatic heterocycles. The minimum Gasteiger partial charge on any atom is -0.453 e. The molecule has 29 heavy (non-hydrogen) atoms. The molecule has 1 amide bonds. The summed E-state index contributed by atoms with van der Waals surface area (Å²) in [7, 11) is 1.38. The number of carbonyl (C=O) groups is 1. The number of nitrogens with one attached hydrogen (secondary N) is 1. The van der Waals surface area contributed by atoms with E-state index in [1.54, 1.807) is 0 Å². The molecule has 4 nitrogen and oxygen atoms in total. The van der Waals surface area contributed by atoms with Gasteiger partial charge in [0.15, 0.2) is 0 Å². The molecule has 4 atom stereocenters. The lowest BCUT2D eigenvalue weighted by Crippen LogP contribution is -2.55. The smallest absolute Gasteiger partial charge is 0.411 e. The molecule has 6 rings (SSSR count). The van der Waals surface area contributed by atoms with E-state index in [4.69, 9.17) is 10.00 Å². The van der Waals surface area contributed by atoms with Gasteiger partial charge in [0.25, 0.3) is 0 Å². The molecule has 0 heterocycles. The summed E-state index contributed by atoms with van der Waals surface area (Å²) in [4.78, 5) is 11.5. The van der Waals surface area contributed by atoms with Crippen molar-refractivity contribution in [3.8, 4) is 6.07 Å². The first-order valence-corrected chi connectivity index (χ1v) is 10.5. The summed E-state index contributed by atoms with van der Waals surface area (Å²) in [6, 6.07) is 19.0. The first-order chi connectivity index (χ1) is 14.0. The van der Waals surface area contributed by atoms with Crippen molar-refractivity contribution in [1.29, 1.82) is 5.26 Å². The van der Waals surface area contributed by atoms with Gasteiger partial charge in [-0.25, -0.2) is 4.79 Å². The van der Waals surface area contributed by atoms with Crippen LogP contribution in [0.4, 0.5) is 10.5 Å². The summed E-state index contributed by atoms with van der Waals surface area (Å²) < 4.78 is 4.69. The molecule has 4 aliphatic carbocycles. The van der Waals surface area contributed by atoms with Crippen molar-refractivity contribution < 1.29 is 9.53 Å². The number of ether oxygens (including phenoxy) is 1. The number of carbonyl (C=O) groups excluding carboxylic acids is 1. The van der Waals surface area contributed by atoms with Crippen molar-refractivity contribution in [2.45, 2.75) is 49.4 Å². The van der Waals surface area contributed by atoms with Gasteiger partial charge in [-0.15, -0.1) is 0 Å². The molecule has 0 radical (unpaired) electrons. The molecule has 0 aliphatic heterocycles. The summed E-state index contributed by atoms with van der Waals surface area (Å²) in [6.45, 7) is 0. The average molecular weight is 386 g/mol. The Kier molecular flexibility index (Phi) is 4.17. The number of nitrogens with zero attached hydrogens (tertiary/aromatic N) is 1. The van der Waals surface area contributed by atoms with Gasteiger partial charge in [-0.2, -0.15) is 5.26 Å². The predicted octanol–water partition coefficient (Wildman–Crippen LogP) is 5.53. The topological polar surface area (TPSA) is 62.1 Å². The largest absolute Gasteiger partial charge is 0.453 e. The summed E-state index contributed by atoms with van der Waals surface area (Å²) in [5.74, 6) is 1.56. The van der Waals surface area contributed by atoms with Crippen LogP contribution in [0, 0.1) is 23.2 Å². The standard InChI is InChI=1S/C25H26N2O2/c1-29-23(28)27-22-8-6-21(7-9-22)25-13-18-10-19(14-25)12-24(11-18,16-25)20-4-2-17(15-26)3-5-20/h2-9,18-19H,10-14,16H2,1H3,(H,27,28)/t18-,19+,24?,25?. The van der Waals surface area contributed by atoms with E-state index in [1.165, 1.54) is 56.8 Å². The van der Waals surface area contributed by atoms with E-state index in [0.29, 0.717) is 0 Å². The average Bonchev–Trinajstić information content (AvgIpc) is 2.73. The third-order valence-electron chi connectivity index (χ3n) is 7.62. The van der Waals surface area contributed by atoms with Crippen LogP contribution >= 0.6 is 0 Å². The van der Waals surface area contributed by atoms with Crippen LogP contribution in [-0.2, 0) is 15.6 Å². The van der Waals surface area contributed by atoms with Crippen LogP contribution in [0.1, 0.15) is 55.2 Å². The lowest BCUT2D eigenvalue weighted by molar-refractivity contribution is -0.0281. The Bertz CT molecular complexity index is 957. The Hall–Kier alpha value is -2.80. The number of nitriles is 1. The second-order valence-corrected chi connectivity index (χ2v) is 9.40. The Morgan fingerprint density at radius 3 is 1.97 bits per heavy atom. The van der Waals surface area contributed by atoms with E-state index in [9.17, 15) is 4.79 Å². The van der Waals surface area contributed by atoms with Gasteiger partial charge in [0.2, 0.25) is 0 Å². The molecule has 2 aromatic rings. The van der Waals surface area contributed by atoms with Crippen LogP contribution in [0.15, 0.2) is 48.5 Å². The van der Waals surface area contributed by atoms with Crippen molar-refractivity contribution in [2.75, 3.05) is 12.4 Å². The van der Waals surface area contributed by atoms with Gasteiger partial charge in [-0.05, 0) is 96.6 Å². The first-order valence-electron chi connectivity index (χ1n) is 10.5. The third-order valence-corrected chi connectivity index (χ3v) is 7.62. The van der Waals surface area contributed by atoms with E-state index in [-0.39, 0.29) is 10.8 Å². The Balaban J connectivity index is 1.48. The fraction of sp³-hybridized carbons (Fsp3) is 0.440.